The summed E-state index contributed by atoms with van der Waals surface area (Å²) >= 11 is 0. The second kappa shape index (κ2) is 6.31. The maximum Gasteiger partial charge on any atom is 0.235 e. The van der Waals surface area contributed by atoms with E-state index < -0.39 is 28.6 Å². The SMILES string of the molecule is O=S(=O)(Cl)C1CCC(C2CCC(S(=O)(=O)Cl)CC2)CC1. The van der Waals surface area contributed by atoms with Gasteiger partial charge in [-0.3, -0.25) is 0 Å². The van der Waals surface area contributed by atoms with Gasteiger partial charge in [-0.15, -0.1) is 0 Å². The highest BCUT2D eigenvalue weighted by atomic mass is 35.7. The van der Waals surface area contributed by atoms with Crippen molar-refractivity contribution in [3.63, 3.8) is 0 Å². The molecular formula is C12H20Cl2O4S2. The fourth-order valence-electron chi connectivity index (χ4n) is 3.68. The van der Waals surface area contributed by atoms with Crippen LogP contribution in [0.5, 0.6) is 0 Å². The molecule has 0 aromatic heterocycles. The molecule has 118 valence electrons. The molecular weight excluding hydrogens is 343 g/mol. The summed E-state index contributed by atoms with van der Waals surface area (Å²) in [4.78, 5) is 0. The van der Waals surface area contributed by atoms with Gasteiger partial charge < -0.3 is 0 Å². The molecule has 0 N–H and O–H groups in total. The largest absolute Gasteiger partial charge is 0.235 e. The third-order valence-electron chi connectivity index (χ3n) is 4.90. The highest BCUT2D eigenvalue weighted by Crippen LogP contribution is 2.41. The van der Waals surface area contributed by atoms with Gasteiger partial charge in [-0.25, -0.2) is 16.8 Å². The lowest BCUT2D eigenvalue weighted by atomic mass is 9.73. The van der Waals surface area contributed by atoms with E-state index in [1.807, 2.05) is 0 Å². The molecule has 8 heteroatoms. The van der Waals surface area contributed by atoms with Crippen LogP contribution >= 0.6 is 21.4 Å². The fraction of sp³-hybridized carbons (Fsp3) is 1.00. The quantitative estimate of drug-likeness (QED) is 0.722. The van der Waals surface area contributed by atoms with Crippen molar-refractivity contribution >= 4 is 39.5 Å². The molecule has 0 aliphatic heterocycles. The Hall–Kier alpha value is 0.480. The number of hydrogen-bond acceptors (Lipinski definition) is 4. The van der Waals surface area contributed by atoms with Gasteiger partial charge in [0.05, 0.1) is 10.5 Å². The normalized spacial score (nSPS) is 36.7. The fourth-order valence-corrected chi connectivity index (χ4v) is 6.42. The first kappa shape index (κ1) is 16.8. The summed E-state index contributed by atoms with van der Waals surface area (Å²) < 4.78 is 45.2. The zero-order chi connectivity index (χ0) is 15.0. The van der Waals surface area contributed by atoms with E-state index >= 15 is 0 Å². The summed E-state index contributed by atoms with van der Waals surface area (Å²) in [5, 5.41) is -0.806. The third kappa shape index (κ3) is 4.24. The molecule has 0 bridgehead atoms. The van der Waals surface area contributed by atoms with Crippen molar-refractivity contribution in [2.24, 2.45) is 11.8 Å². The van der Waals surface area contributed by atoms with Crippen molar-refractivity contribution in [1.29, 1.82) is 0 Å². The monoisotopic (exact) mass is 362 g/mol. The maximum absolute atomic E-state index is 11.3. The summed E-state index contributed by atoms with van der Waals surface area (Å²) in [7, 11) is 3.95. The van der Waals surface area contributed by atoms with Crippen molar-refractivity contribution in [1.82, 2.24) is 0 Å². The highest BCUT2D eigenvalue weighted by Gasteiger charge is 2.36. The van der Waals surface area contributed by atoms with Gasteiger partial charge in [0.25, 0.3) is 0 Å². The topological polar surface area (TPSA) is 68.3 Å². The van der Waals surface area contributed by atoms with E-state index in [0.29, 0.717) is 37.5 Å². The Morgan fingerprint density at radius 1 is 0.550 bits per heavy atom. The van der Waals surface area contributed by atoms with Gasteiger partial charge in [-0.2, -0.15) is 0 Å². The van der Waals surface area contributed by atoms with Crippen molar-refractivity contribution in [3.8, 4) is 0 Å². The highest BCUT2D eigenvalue weighted by molar-refractivity contribution is 8.14. The second-order valence-electron chi connectivity index (χ2n) is 6.02. The average molecular weight is 363 g/mol. The molecule has 2 saturated carbocycles. The van der Waals surface area contributed by atoms with E-state index in [-0.39, 0.29) is 0 Å². The first-order valence-electron chi connectivity index (χ1n) is 7.05. The van der Waals surface area contributed by atoms with Crippen molar-refractivity contribution in [2.75, 3.05) is 0 Å². The van der Waals surface area contributed by atoms with Crippen LogP contribution in [0, 0.1) is 11.8 Å². The molecule has 2 fully saturated rings. The summed E-state index contributed by atoms with van der Waals surface area (Å²) in [6.07, 6.45) is 6.02. The van der Waals surface area contributed by atoms with Gasteiger partial charge in [-0.1, -0.05) is 0 Å². The van der Waals surface area contributed by atoms with Gasteiger partial charge in [0, 0.05) is 21.4 Å². The van der Waals surface area contributed by atoms with Gasteiger partial charge in [-0.05, 0) is 63.2 Å². The Morgan fingerprint density at radius 2 is 0.800 bits per heavy atom. The maximum atomic E-state index is 11.3. The van der Waals surface area contributed by atoms with Crippen molar-refractivity contribution in [2.45, 2.75) is 61.9 Å². The summed E-state index contributed by atoms with van der Waals surface area (Å²) in [5.41, 5.74) is 0. The Morgan fingerprint density at radius 3 is 1.00 bits per heavy atom. The lowest BCUT2D eigenvalue weighted by Gasteiger charge is -2.36. The standard InChI is InChI=1S/C12H20Cl2O4S2/c13-19(15,16)11-5-1-9(2-6-11)10-3-7-12(8-4-10)20(14,17)18/h9-12H,1-8H2. The first-order valence-corrected chi connectivity index (χ1v) is 11.8. The van der Waals surface area contributed by atoms with E-state index in [1.165, 1.54) is 0 Å². The Kier molecular flexibility index (Phi) is 5.31. The van der Waals surface area contributed by atoms with Crippen LogP contribution in [-0.4, -0.2) is 27.3 Å². The zero-order valence-corrected chi connectivity index (χ0v) is 14.3. The summed E-state index contributed by atoms with van der Waals surface area (Å²) in [5.74, 6) is 1.01. The van der Waals surface area contributed by atoms with Crippen LogP contribution in [0.25, 0.3) is 0 Å². The molecule has 0 atom stereocenters. The van der Waals surface area contributed by atoms with Gasteiger partial charge in [0.15, 0.2) is 0 Å². The second-order valence-corrected chi connectivity index (χ2v) is 11.8. The molecule has 0 aromatic rings. The van der Waals surface area contributed by atoms with E-state index in [0.717, 1.165) is 25.7 Å². The molecule has 20 heavy (non-hydrogen) atoms. The Bertz CT molecular complexity index is 478. The molecule has 0 saturated heterocycles. The molecule has 0 radical (unpaired) electrons. The molecule has 2 aliphatic rings. The van der Waals surface area contributed by atoms with Crippen molar-refractivity contribution < 1.29 is 16.8 Å². The summed E-state index contributed by atoms with van der Waals surface area (Å²) in [6, 6.07) is 0. The van der Waals surface area contributed by atoms with E-state index in [9.17, 15) is 16.8 Å². The van der Waals surface area contributed by atoms with Crippen LogP contribution in [0.3, 0.4) is 0 Å². The van der Waals surface area contributed by atoms with Crippen LogP contribution in [0.15, 0.2) is 0 Å². The molecule has 0 amide bonds. The van der Waals surface area contributed by atoms with Crippen LogP contribution < -0.4 is 0 Å². The average Bonchev–Trinajstić information content (AvgIpc) is 2.37. The minimum Gasteiger partial charge on any atom is -0.212 e. The Labute approximate surface area is 130 Å². The minimum atomic E-state index is -3.43. The molecule has 0 unspecified atom stereocenters. The van der Waals surface area contributed by atoms with E-state index in [4.69, 9.17) is 21.4 Å². The lowest BCUT2D eigenvalue weighted by Crippen LogP contribution is -2.31. The zero-order valence-electron chi connectivity index (χ0n) is 11.2. The number of halogens is 2. The molecule has 0 heterocycles. The van der Waals surface area contributed by atoms with E-state index in [1.54, 1.807) is 0 Å². The van der Waals surface area contributed by atoms with Crippen molar-refractivity contribution in [3.05, 3.63) is 0 Å². The van der Waals surface area contributed by atoms with Crippen LogP contribution in [0.2, 0.25) is 0 Å². The molecule has 2 aliphatic carbocycles. The summed E-state index contributed by atoms with van der Waals surface area (Å²) in [6.45, 7) is 0. The predicted octanol–water partition coefficient (Wildman–Crippen LogP) is 3.24. The third-order valence-corrected chi connectivity index (χ3v) is 8.95. The molecule has 0 aromatic carbocycles. The molecule has 2 rings (SSSR count). The van der Waals surface area contributed by atoms with Gasteiger partial charge in [0.2, 0.25) is 18.1 Å². The smallest absolute Gasteiger partial charge is 0.212 e. The van der Waals surface area contributed by atoms with Crippen LogP contribution in [0.4, 0.5) is 0 Å². The van der Waals surface area contributed by atoms with Crippen LogP contribution in [-0.2, 0) is 18.1 Å². The number of hydrogen-bond donors (Lipinski definition) is 0. The molecule has 4 nitrogen and oxygen atoms in total. The number of rotatable bonds is 3. The van der Waals surface area contributed by atoms with Gasteiger partial charge in [0.1, 0.15) is 0 Å². The molecule has 0 spiro atoms. The van der Waals surface area contributed by atoms with Crippen LogP contribution in [0.1, 0.15) is 51.4 Å². The Balaban J connectivity index is 1.85. The first-order chi connectivity index (χ1) is 9.18. The van der Waals surface area contributed by atoms with E-state index in [2.05, 4.69) is 0 Å². The predicted molar refractivity (Wildman–Crippen MR) is 81.0 cm³/mol. The lowest BCUT2D eigenvalue weighted by molar-refractivity contribution is 0.198. The van der Waals surface area contributed by atoms with Gasteiger partial charge >= 0.3 is 0 Å². The minimum absolute atomic E-state index is 0.403.